The number of carbonyl (C=O) groups is 1. The molecular formula is C17H14F3N3OS. The van der Waals surface area contributed by atoms with E-state index in [-0.39, 0.29) is 16.7 Å². The molecule has 0 N–H and O–H groups in total. The van der Waals surface area contributed by atoms with Crippen LogP contribution in [0.2, 0.25) is 0 Å². The summed E-state index contributed by atoms with van der Waals surface area (Å²) in [6.45, 7) is 3.88. The van der Waals surface area contributed by atoms with Crippen molar-refractivity contribution in [3.05, 3.63) is 58.8 Å². The molecule has 0 amide bonds. The largest absolute Gasteiger partial charge is 0.417 e. The molecule has 0 saturated carbocycles. The molecule has 0 radical (unpaired) electrons. The Balaban J connectivity index is 1.81. The molecule has 2 heterocycles. The average Bonchev–Trinajstić information content (AvgIpc) is 2.96. The molecule has 2 aromatic heterocycles. The number of aryl methyl sites for hydroxylation is 2. The van der Waals surface area contributed by atoms with Gasteiger partial charge >= 0.3 is 6.18 Å². The molecule has 0 bridgehead atoms. The molecule has 3 rings (SSSR count). The maximum atomic E-state index is 12.8. The number of carbonyl (C=O) groups excluding carboxylic acids is 1. The van der Waals surface area contributed by atoms with Gasteiger partial charge in [0.1, 0.15) is 0 Å². The van der Waals surface area contributed by atoms with Gasteiger partial charge in [0.25, 0.3) is 0 Å². The number of nitrogens with zero attached hydrogens (tertiary/aromatic N) is 3. The zero-order valence-electron chi connectivity index (χ0n) is 13.5. The van der Waals surface area contributed by atoms with Gasteiger partial charge in [0.05, 0.1) is 11.3 Å². The zero-order valence-corrected chi connectivity index (χ0v) is 14.3. The molecule has 0 saturated heterocycles. The van der Waals surface area contributed by atoms with Gasteiger partial charge < -0.3 is 0 Å². The summed E-state index contributed by atoms with van der Waals surface area (Å²) in [5, 5.41) is 7.95. The van der Waals surface area contributed by atoms with Crippen molar-refractivity contribution < 1.29 is 18.0 Å². The molecule has 0 atom stereocenters. The second kappa shape index (κ2) is 6.51. The van der Waals surface area contributed by atoms with Gasteiger partial charge in [-0.2, -0.15) is 13.2 Å². The van der Waals surface area contributed by atoms with Crippen molar-refractivity contribution >= 4 is 23.2 Å². The minimum Gasteiger partial charge on any atom is -0.293 e. The van der Waals surface area contributed by atoms with Gasteiger partial charge in [-0.1, -0.05) is 23.9 Å². The van der Waals surface area contributed by atoms with Gasteiger partial charge in [-0.25, -0.2) is 0 Å². The summed E-state index contributed by atoms with van der Waals surface area (Å²) in [6, 6.07) is 7.63. The fourth-order valence-corrected chi connectivity index (χ4v) is 3.07. The van der Waals surface area contributed by atoms with Gasteiger partial charge in [-0.15, -0.1) is 10.2 Å². The lowest BCUT2D eigenvalue weighted by molar-refractivity contribution is -0.137. The van der Waals surface area contributed by atoms with Gasteiger partial charge in [0.15, 0.2) is 16.6 Å². The molecule has 3 aromatic rings. The molecule has 0 unspecified atom stereocenters. The van der Waals surface area contributed by atoms with Crippen molar-refractivity contribution in [2.24, 2.45) is 0 Å². The van der Waals surface area contributed by atoms with E-state index in [0.717, 1.165) is 35.2 Å². The SMILES string of the molecule is Cc1ccc(C(=O)CSc2nnc3ccc(C(F)(F)F)cn23)cc1C. The van der Waals surface area contributed by atoms with E-state index in [2.05, 4.69) is 10.2 Å². The Hall–Kier alpha value is -2.35. The number of thioether (sulfide) groups is 1. The van der Waals surface area contributed by atoms with Gasteiger partial charge in [-0.05, 0) is 43.2 Å². The minimum atomic E-state index is -4.45. The topological polar surface area (TPSA) is 47.3 Å². The predicted molar refractivity (Wildman–Crippen MR) is 89.0 cm³/mol. The highest BCUT2D eigenvalue weighted by Crippen LogP contribution is 2.30. The van der Waals surface area contributed by atoms with Gasteiger partial charge in [0.2, 0.25) is 0 Å². The maximum Gasteiger partial charge on any atom is 0.417 e. The van der Waals surface area contributed by atoms with Crippen molar-refractivity contribution in [3.8, 4) is 0 Å². The quantitative estimate of drug-likeness (QED) is 0.510. The lowest BCUT2D eigenvalue weighted by Gasteiger charge is -2.07. The monoisotopic (exact) mass is 365 g/mol. The Morgan fingerprint density at radius 3 is 2.56 bits per heavy atom. The molecular weight excluding hydrogens is 351 g/mol. The van der Waals surface area contributed by atoms with Crippen LogP contribution < -0.4 is 0 Å². The summed E-state index contributed by atoms with van der Waals surface area (Å²) in [6.07, 6.45) is -3.51. The van der Waals surface area contributed by atoms with Crippen LogP contribution in [0.25, 0.3) is 5.65 Å². The normalized spacial score (nSPS) is 11.9. The van der Waals surface area contributed by atoms with Crippen molar-refractivity contribution in [1.29, 1.82) is 0 Å². The first kappa shape index (κ1) is 17.5. The lowest BCUT2D eigenvalue weighted by Crippen LogP contribution is -2.07. The third-order valence-electron chi connectivity index (χ3n) is 3.86. The first-order valence-electron chi connectivity index (χ1n) is 7.41. The second-order valence-electron chi connectivity index (χ2n) is 5.64. The lowest BCUT2D eigenvalue weighted by atomic mass is 10.0. The van der Waals surface area contributed by atoms with E-state index < -0.39 is 11.7 Å². The van der Waals surface area contributed by atoms with E-state index in [1.54, 1.807) is 6.07 Å². The van der Waals surface area contributed by atoms with Crippen LogP contribution in [0.1, 0.15) is 27.0 Å². The zero-order chi connectivity index (χ0) is 18.2. The molecule has 0 aliphatic carbocycles. The summed E-state index contributed by atoms with van der Waals surface area (Å²) < 4.78 is 39.8. The Bertz CT molecular complexity index is 950. The number of fused-ring (bicyclic) bond motifs is 1. The number of pyridine rings is 1. The average molecular weight is 365 g/mol. The minimum absolute atomic E-state index is 0.0690. The molecule has 0 aliphatic rings. The molecule has 25 heavy (non-hydrogen) atoms. The Labute approximate surface area is 146 Å². The molecule has 0 fully saturated rings. The molecule has 4 nitrogen and oxygen atoms in total. The van der Waals surface area contributed by atoms with Crippen LogP contribution in [0.3, 0.4) is 0 Å². The van der Waals surface area contributed by atoms with Crippen LogP contribution in [0, 0.1) is 13.8 Å². The van der Waals surface area contributed by atoms with Crippen LogP contribution in [0.4, 0.5) is 13.2 Å². The Kier molecular flexibility index (Phi) is 4.55. The summed E-state index contributed by atoms with van der Waals surface area (Å²) in [5.74, 6) is -0.0451. The summed E-state index contributed by atoms with van der Waals surface area (Å²) in [4.78, 5) is 12.3. The summed E-state index contributed by atoms with van der Waals surface area (Å²) in [5.41, 5.74) is 2.18. The highest BCUT2D eigenvalue weighted by atomic mass is 32.2. The second-order valence-corrected chi connectivity index (χ2v) is 6.58. The van der Waals surface area contributed by atoms with E-state index in [1.165, 1.54) is 10.5 Å². The van der Waals surface area contributed by atoms with Crippen LogP contribution in [-0.2, 0) is 6.18 Å². The van der Waals surface area contributed by atoms with Crippen molar-refractivity contribution in [2.75, 3.05) is 5.75 Å². The van der Waals surface area contributed by atoms with E-state index >= 15 is 0 Å². The van der Waals surface area contributed by atoms with Crippen LogP contribution in [0.15, 0.2) is 41.7 Å². The number of ketones is 1. The predicted octanol–water partition coefficient (Wildman–Crippen LogP) is 4.34. The number of hydrogen-bond donors (Lipinski definition) is 0. The number of aromatic nitrogens is 3. The summed E-state index contributed by atoms with van der Waals surface area (Å²) in [7, 11) is 0. The van der Waals surface area contributed by atoms with Crippen LogP contribution in [-0.4, -0.2) is 26.1 Å². The van der Waals surface area contributed by atoms with E-state index in [1.807, 2.05) is 26.0 Å². The van der Waals surface area contributed by atoms with Crippen molar-refractivity contribution in [1.82, 2.24) is 14.6 Å². The molecule has 0 aliphatic heterocycles. The standard InChI is InChI=1S/C17H14F3N3OS/c1-10-3-4-12(7-11(10)2)14(24)9-25-16-22-21-15-6-5-13(8-23(15)16)17(18,19)20/h3-8H,9H2,1-2H3. The first-order valence-corrected chi connectivity index (χ1v) is 8.39. The third-order valence-corrected chi connectivity index (χ3v) is 4.80. The van der Waals surface area contributed by atoms with Gasteiger partial charge in [0, 0.05) is 11.8 Å². The Morgan fingerprint density at radius 1 is 1.12 bits per heavy atom. The van der Waals surface area contributed by atoms with E-state index in [9.17, 15) is 18.0 Å². The van der Waals surface area contributed by atoms with E-state index in [4.69, 9.17) is 0 Å². The molecule has 0 spiro atoms. The molecule has 1 aromatic carbocycles. The fourth-order valence-electron chi connectivity index (χ4n) is 2.26. The van der Waals surface area contributed by atoms with Crippen LogP contribution >= 0.6 is 11.8 Å². The fraction of sp³-hybridized carbons (Fsp3) is 0.235. The summed E-state index contributed by atoms with van der Waals surface area (Å²) >= 11 is 1.06. The first-order chi connectivity index (χ1) is 11.8. The molecule has 130 valence electrons. The number of alkyl halides is 3. The van der Waals surface area contributed by atoms with E-state index in [0.29, 0.717) is 11.2 Å². The number of hydrogen-bond acceptors (Lipinski definition) is 4. The van der Waals surface area contributed by atoms with Crippen molar-refractivity contribution in [3.63, 3.8) is 0 Å². The Morgan fingerprint density at radius 2 is 1.88 bits per heavy atom. The van der Waals surface area contributed by atoms with Gasteiger partial charge in [-0.3, -0.25) is 9.20 Å². The highest BCUT2D eigenvalue weighted by Gasteiger charge is 2.31. The van der Waals surface area contributed by atoms with Crippen molar-refractivity contribution in [2.45, 2.75) is 25.2 Å². The highest BCUT2D eigenvalue weighted by molar-refractivity contribution is 7.99. The smallest absolute Gasteiger partial charge is 0.293 e. The number of rotatable bonds is 4. The number of benzene rings is 1. The van der Waals surface area contributed by atoms with Crippen LogP contribution in [0.5, 0.6) is 0 Å². The maximum absolute atomic E-state index is 12.8. The number of halogens is 3. The molecule has 8 heteroatoms. The third kappa shape index (κ3) is 3.68. The number of Topliss-reactive ketones (excluding diaryl/α,β-unsaturated/α-hetero) is 1.